The van der Waals surface area contributed by atoms with Gasteiger partial charge in [-0.15, -0.1) is 0 Å². The van der Waals surface area contributed by atoms with Gasteiger partial charge in [0.1, 0.15) is 5.52 Å². The number of nitro benzene ring substituents is 1. The van der Waals surface area contributed by atoms with Crippen molar-refractivity contribution in [3.8, 4) is 0 Å². The van der Waals surface area contributed by atoms with Crippen LogP contribution in [0.25, 0.3) is 11.1 Å². The summed E-state index contributed by atoms with van der Waals surface area (Å²) in [6.07, 6.45) is 0.957. The molecule has 84 valence electrons. The summed E-state index contributed by atoms with van der Waals surface area (Å²) in [7, 11) is 0. The summed E-state index contributed by atoms with van der Waals surface area (Å²) in [5.74, 6) is 0. The van der Waals surface area contributed by atoms with Crippen LogP contribution < -0.4 is 5.32 Å². The molecule has 16 heavy (non-hydrogen) atoms. The topological polar surface area (TPSA) is 81.2 Å². The van der Waals surface area contributed by atoms with Gasteiger partial charge in [0.15, 0.2) is 5.58 Å². The molecule has 6 nitrogen and oxygen atoms in total. The van der Waals surface area contributed by atoms with E-state index in [1.807, 2.05) is 6.92 Å². The van der Waals surface area contributed by atoms with E-state index in [-0.39, 0.29) is 5.69 Å². The molecule has 1 aromatic carbocycles. The van der Waals surface area contributed by atoms with Crippen molar-refractivity contribution in [1.82, 2.24) is 4.98 Å². The van der Waals surface area contributed by atoms with Gasteiger partial charge in [-0.2, -0.15) is 4.98 Å². The quantitative estimate of drug-likeness (QED) is 0.633. The molecule has 0 saturated carbocycles. The first kappa shape index (κ1) is 10.4. The Hall–Kier alpha value is -2.11. The Kier molecular flexibility index (Phi) is 2.72. The number of oxazole rings is 1. The smallest absolute Gasteiger partial charge is 0.295 e. The second-order valence-corrected chi connectivity index (χ2v) is 3.35. The van der Waals surface area contributed by atoms with Gasteiger partial charge in [-0.05, 0) is 12.5 Å². The summed E-state index contributed by atoms with van der Waals surface area (Å²) < 4.78 is 5.33. The normalized spacial score (nSPS) is 10.6. The standard InChI is InChI=1S/C10H11N3O3/c1-2-5-11-10-12-8-4-3-7(13(14)15)6-9(8)16-10/h3-4,6H,2,5H2,1H3,(H,11,12). The number of benzene rings is 1. The van der Waals surface area contributed by atoms with Crippen LogP contribution in [-0.2, 0) is 0 Å². The number of nitro groups is 1. The Morgan fingerprint density at radius 1 is 1.56 bits per heavy atom. The molecule has 1 aromatic heterocycles. The number of nitrogens with one attached hydrogen (secondary N) is 1. The summed E-state index contributed by atoms with van der Waals surface area (Å²) in [5.41, 5.74) is 1.04. The molecule has 0 unspecified atom stereocenters. The monoisotopic (exact) mass is 221 g/mol. The van der Waals surface area contributed by atoms with Crippen molar-refractivity contribution in [3.05, 3.63) is 28.3 Å². The van der Waals surface area contributed by atoms with E-state index < -0.39 is 4.92 Å². The van der Waals surface area contributed by atoms with E-state index in [2.05, 4.69) is 10.3 Å². The van der Waals surface area contributed by atoms with Crippen molar-refractivity contribution < 1.29 is 9.34 Å². The van der Waals surface area contributed by atoms with Crippen molar-refractivity contribution >= 4 is 22.8 Å². The van der Waals surface area contributed by atoms with Gasteiger partial charge in [-0.1, -0.05) is 6.92 Å². The third kappa shape index (κ3) is 1.95. The van der Waals surface area contributed by atoms with Gasteiger partial charge in [0.2, 0.25) is 0 Å². The highest BCUT2D eigenvalue weighted by atomic mass is 16.6. The van der Waals surface area contributed by atoms with E-state index in [0.717, 1.165) is 13.0 Å². The Morgan fingerprint density at radius 3 is 3.06 bits per heavy atom. The number of nitrogens with zero attached hydrogens (tertiary/aromatic N) is 2. The van der Waals surface area contributed by atoms with Crippen LogP contribution in [0.2, 0.25) is 0 Å². The van der Waals surface area contributed by atoms with Crippen LogP contribution in [0.3, 0.4) is 0 Å². The third-order valence-corrected chi connectivity index (χ3v) is 2.11. The fraction of sp³-hybridized carbons (Fsp3) is 0.300. The largest absolute Gasteiger partial charge is 0.423 e. The summed E-state index contributed by atoms with van der Waals surface area (Å²) in [6.45, 7) is 2.79. The Labute approximate surface area is 91.4 Å². The molecule has 0 aliphatic rings. The van der Waals surface area contributed by atoms with E-state index in [1.54, 1.807) is 6.07 Å². The molecule has 0 fully saturated rings. The number of anilines is 1. The van der Waals surface area contributed by atoms with Crippen LogP contribution in [0.5, 0.6) is 0 Å². The maximum atomic E-state index is 10.6. The van der Waals surface area contributed by atoms with Crippen LogP contribution in [0.4, 0.5) is 11.7 Å². The minimum absolute atomic E-state index is 0.00527. The number of fused-ring (bicyclic) bond motifs is 1. The Morgan fingerprint density at radius 2 is 2.38 bits per heavy atom. The van der Waals surface area contributed by atoms with Gasteiger partial charge in [-0.3, -0.25) is 10.1 Å². The molecular weight excluding hydrogens is 210 g/mol. The van der Waals surface area contributed by atoms with Crippen molar-refractivity contribution in [3.63, 3.8) is 0 Å². The first-order valence-electron chi connectivity index (χ1n) is 4.99. The molecule has 0 bridgehead atoms. The number of non-ortho nitro benzene ring substituents is 1. The van der Waals surface area contributed by atoms with Gasteiger partial charge in [0, 0.05) is 12.6 Å². The first-order chi connectivity index (χ1) is 7.70. The summed E-state index contributed by atoms with van der Waals surface area (Å²) in [6, 6.07) is 4.76. The van der Waals surface area contributed by atoms with E-state index in [1.165, 1.54) is 12.1 Å². The second kappa shape index (κ2) is 4.18. The fourth-order valence-corrected chi connectivity index (χ4v) is 1.33. The summed E-state index contributed by atoms with van der Waals surface area (Å²) >= 11 is 0. The number of aromatic nitrogens is 1. The predicted molar refractivity (Wildman–Crippen MR) is 59.4 cm³/mol. The third-order valence-electron chi connectivity index (χ3n) is 2.11. The molecule has 1 heterocycles. The summed E-state index contributed by atoms with van der Waals surface area (Å²) in [5, 5.41) is 13.5. The lowest BCUT2D eigenvalue weighted by Gasteiger charge is -1.94. The molecule has 0 aliphatic heterocycles. The van der Waals surface area contributed by atoms with E-state index in [9.17, 15) is 10.1 Å². The number of hydrogen-bond acceptors (Lipinski definition) is 5. The minimum Gasteiger partial charge on any atom is -0.423 e. The molecule has 2 aromatic rings. The molecule has 1 N–H and O–H groups in total. The van der Waals surface area contributed by atoms with Crippen LogP contribution in [0, 0.1) is 10.1 Å². The molecule has 0 aliphatic carbocycles. The average molecular weight is 221 g/mol. The van der Waals surface area contributed by atoms with Crippen LogP contribution in [0.15, 0.2) is 22.6 Å². The van der Waals surface area contributed by atoms with E-state index >= 15 is 0 Å². The molecule has 0 spiro atoms. The van der Waals surface area contributed by atoms with Crippen LogP contribution in [-0.4, -0.2) is 16.5 Å². The van der Waals surface area contributed by atoms with Crippen LogP contribution in [0.1, 0.15) is 13.3 Å². The van der Waals surface area contributed by atoms with Gasteiger partial charge in [-0.25, -0.2) is 0 Å². The number of hydrogen-bond donors (Lipinski definition) is 1. The SMILES string of the molecule is CCCNc1nc2ccc([N+](=O)[O-])cc2o1. The highest BCUT2D eigenvalue weighted by molar-refractivity contribution is 5.77. The molecular formula is C10H11N3O3. The zero-order chi connectivity index (χ0) is 11.5. The van der Waals surface area contributed by atoms with Crippen molar-refractivity contribution in [2.24, 2.45) is 0 Å². The fourth-order valence-electron chi connectivity index (χ4n) is 1.33. The number of rotatable bonds is 4. The Balaban J connectivity index is 2.34. The molecule has 0 amide bonds. The van der Waals surface area contributed by atoms with Crippen molar-refractivity contribution in [2.45, 2.75) is 13.3 Å². The molecule has 6 heteroatoms. The summed E-state index contributed by atoms with van der Waals surface area (Å²) in [4.78, 5) is 14.2. The van der Waals surface area contributed by atoms with Crippen molar-refractivity contribution in [1.29, 1.82) is 0 Å². The molecule has 0 atom stereocenters. The predicted octanol–water partition coefficient (Wildman–Crippen LogP) is 2.56. The Bertz CT molecular complexity index is 521. The highest BCUT2D eigenvalue weighted by Crippen LogP contribution is 2.23. The van der Waals surface area contributed by atoms with Crippen molar-refractivity contribution in [2.75, 3.05) is 11.9 Å². The molecule has 0 saturated heterocycles. The van der Waals surface area contributed by atoms with Crippen LogP contribution >= 0.6 is 0 Å². The zero-order valence-corrected chi connectivity index (χ0v) is 8.77. The molecule has 2 rings (SSSR count). The lowest BCUT2D eigenvalue weighted by Crippen LogP contribution is -1.98. The van der Waals surface area contributed by atoms with Gasteiger partial charge < -0.3 is 9.73 Å². The first-order valence-corrected chi connectivity index (χ1v) is 4.99. The highest BCUT2D eigenvalue weighted by Gasteiger charge is 2.10. The maximum Gasteiger partial charge on any atom is 0.295 e. The lowest BCUT2D eigenvalue weighted by atomic mass is 10.3. The zero-order valence-electron chi connectivity index (χ0n) is 8.77. The molecule has 0 radical (unpaired) electrons. The average Bonchev–Trinajstić information content (AvgIpc) is 2.67. The van der Waals surface area contributed by atoms with Gasteiger partial charge >= 0.3 is 0 Å². The van der Waals surface area contributed by atoms with Gasteiger partial charge in [0.25, 0.3) is 11.7 Å². The second-order valence-electron chi connectivity index (χ2n) is 3.35. The van der Waals surface area contributed by atoms with E-state index in [4.69, 9.17) is 4.42 Å². The van der Waals surface area contributed by atoms with E-state index in [0.29, 0.717) is 17.1 Å². The minimum atomic E-state index is -0.457. The van der Waals surface area contributed by atoms with Gasteiger partial charge in [0.05, 0.1) is 11.0 Å². The lowest BCUT2D eigenvalue weighted by molar-refractivity contribution is -0.384. The maximum absolute atomic E-state index is 10.6.